The van der Waals surface area contributed by atoms with Crippen LogP contribution in [0.2, 0.25) is 0 Å². The maximum absolute atomic E-state index is 12.9. The standard InChI is InChI=1S/C26H30N6O2/c33-25(30-17-20-12-15-27-18-31-20)23(32-26(34)22-10-4-6-13-28-22)11-5-7-14-29-24-16-21(24)19-8-2-1-3-9-19/h1-4,6,8-10,12-13,15,18,21,23-24,29H,5,7,11,14,16-17H2,(H,30,33)(H,32,34). The van der Waals surface area contributed by atoms with Crippen molar-refractivity contribution in [1.82, 2.24) is 30.9 Å². The number of aromatic nitrogens is 3. The lowest BCUT2D eigenvalue weighted by molar-refractivity contribution is -0.123. The van der Waals surface area contributed by atoms with Gasteiger partial charge in [0.25, 0.3) is 5.91 Å². The molecule has 8 nitrogen and oxygen atoms in total. The van der Waals surface area contributed by atoms with Crippen molar-refractivity contribution in [3.05, 3.63) is 90.3 Å². The van der Waals surface area contributed by atoms with Gasteiger partial charge in [0.15, 0.2) is 0 Å². The lowest BCUT2D eigenvalue weighted by Gasteiger charge is -2.18. The third kappa shape index (κ3) is 6.92. The molecule has 0 radical (unpaired) electrons. The van der Waals surface area contributed by atoms with Crippen molar-refractivity contribution in [2.75, 3.05) is 6.54 Å². The van der Waals surface area contributed by atoms with Crippen LogP contribution in [0.25, 0.3) is 0 Å². The first-order valence-electron chi connectivity index (χ1n) is 11.7. The molecular formula is C26H30N6O2. The van der Waals surface area contributed by atoms with Crippen LogP contribution in [0.15, 0.2) is 73.3 Å². The second kappa shape index (κ2) is 12.0. The minimum Gasteiger partial charge on any atom is -0.349 e. The zero-order valence-electron chi connectivity index (χ0n) is 19.1. The summed E-state index contributed by atoms with van der Waals surface area (Å²) in [5.74, 6) is 0.00552. The number of hydrogen-bond donors (Lipinski definition) is 3. The summed E-state index contributed by atoms with van der Waals surface area (Å²) in [4.78, 5) is 37.6. The first-order chi connectivity index (χ1) is 16.7. The number of unbranched alkanes of at least 4 members (excludes halogenated alkanes) is 1. The molecule has 1 fully saturated rings. The molecule has 1 aliphatic rings. The molecule has 3 atom stereocenters. The number of rotatable bonds is 12. The Labute approximate surface area is 199 Å². The molecule has 1 saturated carbocycles. The number of hydrogen-bond acceptors (Lipinski definition) is 6. The number of nitrogens with one attached hydrogen (secondary N) is 3. The Kier molecular flexibility index (Phi) is 8.29. The topological polar surface area (TPSA) is 109 Å². The fourth-order valence-electron chi connectivity index (χ4n) is 3.97. The van der Waals surface area contributed by atoms with Gasteiger partial charge in [-0.2, -0.15) is 0 Å². The Balaban J connectivity index is 1.24. The number of pyridine rings is 1. The zero-order chi connectivity index (χ0) is 23.6. The van der Waals surface area contributed by atoms with Crippen LogP contribution in [0.5, 0.6) is 0 Å². The molecule has 1 aliphatic carbocycles. The van der Waals surface area contributed by atoms with Gasteiger partial charge in [-0.3, -0.25) is 14.6 Å². The van der Waals surface area contributed by atoms with Gasteiger partial charge >= 0.3 is 0 Å². The molecule has 0 spiro atoms. The van der Waals surface area contributed by atoms with Crippen LogP contribution < -0.4 is 16.0 Å². The van der Waals surface area contributed by atoms with Crippen LogP contribution in [0.3, 0.4) is 0 Å². The molecule has 3 unspecified atom stereocenters. The third-order valence-corrected chi connectivity index (χ3v) is 5.95. The lowest BCUT2D eigenvalue weighted by Crippen LogP contribution is -2.46. The van der Waals surface area contributed by atoms with E-state index in [9.17, 15) is 9.59 Å². The molecule has 34 heavy (non-hydrogen) atoms. The van der Waals surface area contributed by atoms with E-state index in [4.69, 9.17) is 0 Å². The number of amides is 2. The Hall–Kier alpha value is -3.65. The van der Waals surface area contributed by atoms with Gasteiger partial charge < -0.3 is 16.0 Å². The van der Waals surface area contributed by atoms with Gasteiger partial charge in [0, 0.05) is 24.4 Å². The van der Waals surface area contributed by atoms with Crippen molar-refractivity contribution >= 4 is 11.8 Å². The van der Waals surface area contributed by atoms with Crippen LogP contribution in [0.1, 0.15) is 53.3 Å². The van der Waals surface area contributed by atoms with Crippen molar-refractivity contribution in [2.24, 2.45) is 0 Å². The Morgan fingerprint density at radius 3 is 2.59 bits per heavy atom. The monoisotopic (exact) mass is 458 g/mol. The van der Waals surface area contributed by atoms with Crippen molar-refractivity contribution in [1.29, 1.82) is 0 Å². The number of benzene rings is 1. The zero-order valence-corrected chi connectivity index (χ0v) is 19.1. The summed E-state index contributed by atoms with van der Waals surface area (Å²) in [7, 11) is 0. The summed E-state index contributed by atoms with van der Waals surface area (Å²) < 4.78 is 0. The summed E-state index contributed by atoms with van der Waals surface area (Å²) in [6, 6.07) is 17.3. The van der Waals surface area contributed by atoms with Gasteiger partial charge in [0.2, 0.25) is 5.91 Å². The molecule has 3 N–H and O–H groups in total. The van der Waals surface area contributed by atoms with Gasteiger partial charge in [0.1, 0.15) is 18.1 Å². The van der Waals surface area contributed by atoms with E-state index in [0.717, 1.165) is 25.8 Å². The van der Waals surface area contributed by atoms with E-state index in [1.54, 1.807) is 36.7 Å². The second-order valence-electron chi connectivity index (χ2n) is 8.47. The largest absolute Gasteiger partial charge is 0.349 e. The van der Waals surface area contributed by atoms with Crippen molar-refractivity contribution in [3.8, 4) is 0 Å². The minimum absolute atomic E-state index is 0.234. The molecule has 0 saturated heterocycles. The SMILES string of the molecule is O=C(NC(CCCCNC1CC1c1ccccc1)C(=O)NCc1ccncn1)c1ccccn1. The van der Waals surface area contributed by atoms with E-state index < -0.39 is 6.04 Å². The van der Waals surface area contributed by atoms with Crippen LogP contribution in [0, 0.1) is 0 Å². The van der Waals surface area contributed by atoms with E-state index in [0.29, 0.717) is 29.8 Å². The van der Waals surface area contributed by atoms with E-state index >= 15 is 0 Å². The van der Waals surface area contributed by atoms with Crippen LogP contribution >= 0.6 is 0 Å². The van der Waals surface area contributed by atoms with Gasteiger partial charge in [-0.05, 0) is 56.0 Å². The maximum atomic E-state index is 12.9. The molecule has 1 aromatic carbocycles. The first kappa shape index (κ1) is 23.5. The Morgan fingerprint density at radius 2 is 1.82 bits per heavy atom. The number of carbonyl (C=O) groups is 2. The van der Waals surface area contributed by atoms with Crippen LogP contribution in [-0.4, -0.2) is 45.4 Å². The molecule has 3 aromatic rings. The average Bonchev–Trinajstić information content (AvgIpc) is 3.67. The summed E-state index contributed by atoms with van der Waals surface area (Å²) in [5, 5.41) is 9.32. The Bertz CT molecular complexity index is 1050. The fourth-order valence-corrected chi connectivity index (χ4v) is 3.97. The molecule has 4 rings (SSSR count). The predicted octanol–water partition coefficient (Wildman–Crippen LogP) is 2.60. The summed E-state index contributed by atoms with van der Waals surface area (Å²) >= 11 is 0. The summed E-state index contributed by atoms with van der Waals surface area (Å²) in [6.07, 6.45) is 8.07. The fraction of sp³-hybridized carbons (Fsp3) is 0.346. The smallest absolute Gasteiger partial charge is 0.270 e. The Morgan fingerprint density at radius 1 is 0.971 bits per heavy atom. The van der Waals surface area contributed by atoms with Gasteiger partial charge in [-0.1, -0.05) is 36.4 Å². The van der Waals surface area contributed by atoms with Crippen LogP contribution in [0.4, 0.5) is 0 Å². The van der Waals surface area contributed by atoms with Crippen LogP contribution in [-0.2, 0) is 11.3 Å². The van der Waals surface area contributed by atoms with E-state index in [1.165, 1.54) is 11.9 Å². The molecule has 176 valence electrons. The molecule has 2 amide bonds. The molecular weight excluding hydrogens is 428 g/mol. The number of carbonyl (C=O) groups excluding carboxylic acids is 2. The third-order valence-electron chi connectivity index (χ3n) is 5.95. The molecule has 2 aromatic heterocycles. The van der Waals surface area contributed by atoms with Gasteiger partial charge in [-0.25, -0.2) is 9.97 Å². The maximum Gasteiger partial charge on any atom is 0.270 e. The molecule has 0 aliphatic heterocycles. The van der Waals surface area contributed by atoms with E-state index in [2.05, 4.69) is 55.2 Å². The number of nitrogens with zero attached hydrogens (tertiary/aromatic N) is 3. The first-order valence-corrected chi connectivity index (χ1v) is 11.7. The summed E-state index contributed by atoms with van der Waals surface area (Å²) in [6.45, 7) is 1.17. The predicted molar refractivity (Wildman–Crippen MR) is 129 cm³/mol. The molecule has 8 heteroatoms. The normalized spacial score (nSPS) is 17.5. The minimum atomic E-state index is -0.644. The molecule has 0 bridgehead atoms. The highest BCUT2D eigenvalue weighted by Gasteiger charge is 2.37. The van der Waals surface area contributed by atoms with Crippen molar-refractivity contribution in [2.45, 2.75) is 50.2 Å². The van der Waals surface area contributed by atoms with Gasteiger partial charge in [0.05, 0.1) is 12.2 Å². The highest BCUT2D eigenvalue weighted by molar-refractivity contribution is 5.96. The van der Waals surface area contributed by atoms with Crippen molar-refractivity contribution in [3.63, 3.8) is 0 Å². The molecule has 2 heterocycles. The highest BCUT2D eigenvalue weighted by atomic mass is 16.2. The lowest BCUT2D eigenvalue weighted by atomic mass is 10.1. The average molecular weight is 459 g/mol. The quantitative estimate of drug-likeness (QED) is 0.360. The highest BCUT2D eigenvalue weighted by Crippen LogP contribution is 2.40. The van der Waals surface area contributed by atoms with E-state index in [-0.39, 0.29) is 18.4 Å². The van der Waals surface area contributed by atoms with Gasteiger partial charge in [-0.15, -0.1) is 0 Å². The summed E-state index contributed by atoms with van der Waals surface area (Å²) in [5.41, 5.74) is 2.39. The van der Waals surface area contributed by atoms with E-state index in [1.807, 2.05) is 6.07 Å². The van der Waals surface area contributed by atoms with Crippen molar-refractivity contribution < 1.29 is 9.59 Å². The second-order valence-corrected chi connectivity index (χ2v) is 8.47.